The van der Waals surface area contributed by atoms with Gasteiger partial charge < -0.3 is 9.64 Å². The summed E-state index contributed by atoms with van der Waals surface area (Å²) < 4.78 is 5.64. The molecule has 0 saturated carbocycles. The molecular formula is C33H43ClN4O2. The van der Waals surface area contributed by atoms with Crippen LogP contribution < -0.4 is 0 Å². The second kappa shape index (κ2) is 12.3. The Morgan fingerprint density at radius 2 is 1.65 bits per heavy atom. The molecule has 0 bridgehead atoms. The van der Waals surface area contributed by atoms with Crippen molar-refractivity contribution in [3.05, 3.63) is 93.5 Å². The van der Waals surface area contributed by atoms with Crippen molar-refractivity contribution in [2.75, 3.05) is 13.1 Å². The van der Waals surface area contributed by atoms with E-state index in [4.69, 9.17) is 26.3 Å². The molecule has 1 saturated heterocycles. The first-order chi connectivity index (χ1) is 18.8. The zero-order valence-electron chi connectivity index (χ0n) is 25.0. The van der Waals surface area contributed by atoms with Crippen LogP contribution in [0.15, 0.2) is 54.9 Å². The second-order valence-corrected chi connectivity index (χ2v) is 12.9. The summed E-state index contributed by atoms with van der Waals surface area (Å²) in [6, 6.07) is 14.8. The van der Waals surface area contributed by atoms with E-state index in [1.54, 1.807) is 0 Å². The van der Waals surface area contributed by atoms with Crippen molar-refractivity contribution < 1.29 is 9.53 Å². The minimum Gasteiger partial charge on any atom is -0.444 e. The Morgan fingerprint density at radius 1 is 1.00 bits per heavy atom. The van der Waals surface area contributed by atoms with Crippen LogP contribution in [0.25, 0.3) is 0 Å². The molecule has 1 fully saturated rings. The monoisotopic (exact) mass is 562 g/mol. The maximum absolute atomic E-state index is 12.7. The summed E-state index contributed by atoms with van der Waals surface area (Å²) in [4.78, 5) is 26.8. The molecule has 0 N–H and O–H groups in total. The van der Waals surface area contributed by atoms with Gasteiger partial charge in [0.2, 0.25) is 0 Å². The van der Waals surface area contributed by atoms with Gasteiger partial charge in [-0.15, -0.1) is 0 Å². The quantitative estimate of drug-likeness (QED) is 0.299. The lowest BCUT2D eigenvalue weighted by Gasteiger charge is -2.39. The summed E-state index contributed by atoms with van der Waals surface area (Å²) in [5.41, 5.74) is 6.13. The first-order valence-corrected chi connectivity index (χ1v) is 14.6. The number of benzene rings is 1. The van der Waals surface area contributed by atoms with E-state index in [0.717, 1.165) is 41.4 Å². The number of nitrogens with zero attached hydrogens (tertiary/aromatic N) is 4. The van der Waals surface area contributed by atoms with E-state index in [1.807, 2.05) is 56.3 Å². The van der Waals surface area contributed by atoms with Gasteiger partial charge in [-0.2, -0.15) is 0 Å². The zero-order chi connectivity index (χ0) is 29.1. The molecular weight excluding hydrogens is 520 g/mol. The standard InChI is InChI=1S/C33H43ClN4O2/c1-23-19-24(2)29(36-20-23)21-38(27-14-17-37(18-15-27)31(39)40-32(3,4)5)22-30-28(9-8-16-35-30)33(6,7)25-10-12-26(34)13-11-25/h8-13,16,19-20,27H,14-15,17-18,21-22H2,1-7H3. The van der Waals surface area contributed by atoms with Crippen molar-refractivity contribution in [2.45, 2.75) is 91.5 Å². The largest absolute Gasteiger partial charge is 0.444 e. The van der Waals surface area contributed by atoms with Crippen LogP contribution in [0.1, 0.15) is 81.1 Å². The minimum absolute atomic E-state index is 0.231. The van der Waals surface area contributed by atoms with Gasteiger partial charge in [-0.05, 0) is 87.9 Å². The third kappa shape index (κ3) is 7.41. The van der Waals surface area contributed by atoms with E-state index in [9.17, 15) is 4.79 Å². The molecule has 4 rings (SSSR count). The summed E-state index contributed by atoms with van der Waals surface area (Å²) in [5.74, 6) is 0. The van der Waals surface area contributed by atoms with Crippen LogP contribution in [-0.2, 0) is 23.2 Å². The van der Waals surface area contributed by atoms with Crippen molar-refractivity contribution in [2.24, 2.45) is 0 Å². The van der Waals surface area contributed by atoms with Crippen molar-refractivity contribution >= 4 is 17.7 Å². The van der Waals surface area contributed by atoms with E-state index >= 15 is 0 Å². The second-order valence-electron chi connectivity index (χ2n) is 12.5. The molecule has 1 amide bonds. The van der Waals surface area contributed by atoms with Crippen LogP contribution in [0.4, 0.5) is 4.79 Å². The highest BCUT2D eigenvalue weighted by molar-refractivity contribution is 6.30. The van der Waals surface area contributed by atoms with Crippen LogP contribution in [0, 0.1) is 13.8 Å². The summed E-state index contributed by atoms with van der Waals surface area (Å²) in [5, 5.41) is 0.732. The summed E-state index contributed by atoms with van der Waals surface area (Å²) in [6.07, 6.45) is 5.33. The fraction of sp³-hybridized carbons (Fsp3) is 0.485. The van der Waals surface area contributed by atoms with E-state index in [0.29, 0.717) is 19.6 Å². The number of halogens is 1. The van der Waals surface area contributed by atoms with Gasteiger partial charge in [0, 0.05) is 55.1 Å². The van der Waals surface area contributed by atoms with Gasteiger partial charge in [0.05, 0.1) is 11.4 Å². The number of carbonyl (C=O) groups is 1. The van der Waals surface area contributed by atoms with Gasteiger partial charge in [0.15, 0.2) is 0 Å². The molecule has 214 valence electrons. The van der Waals surface area contributed by atoms with Crippen molar-refractivity contribution in [1.82, 2.24) is 19.8 Å². The predicted molar refractivity (Wildman–Crippen MR) is 162 cm³/mol. The number of hydrogen-bond acceptors (Lipinski definition) is 5. The number of ether oxygens (including phenoxy) is 1. The topological polar surface area (TPSA) is 58.6 Å². The molecule has 1 aromatic carbocycles. The SMILES string of the molecule is Cc1cnc(CN(Cc2ncccc2C(C)(C)c2ccc(Cl)cc2)C2CCN(C(=O)OC(C)(C)C)CC2)c(C)c1. The number of hydrogen-bond donors (Lipinski definition) is 0. The average molecular weight is 563 g/mol. The van der Waals surface area contributed by atoms with Crippen LogP contribution in [0.3, 0.4) is 0 Å². The minimum atomic E-state index is -0.499. The molecule has 2 aromatic heterocycles. The molecule has 6 nitrogen and oxygen atoms in total. The number of aromatic nitrogens is 2. The Labute approximate surface area is 244 Å². The highest BCUT2D eigenvalue weighted by Crippen LogP contribution is 2.35. The van der Waals surface area contributed by atoms with Gasteiger partial charge in [-0.3, -0.25) is 14.9 Å². The molecule has 0 unspecified atom stereocenters. The number of pyridine rings is 2. The molecule has 3 aromatic rings. The number of aryl methyl sites for hydroxylation is 2. The molecule has 1 aliphatic rings. The van der Waals surface area contributed by atoms with Gasteiger partial charge in [0.1, 0.15) is 5.60 Å². The van der Waals surface area contributed by atoms with Gasteiger partial charge >= 0.3 is 6.09 Å². The highest BCUT2D eigenvalue weighted by Gasteiger charge is 2.32. The van der Waals surface area contributed by atoms with Crippen molar-refractivity contribution in [3.8, 4) is 0 Å². The molecule has 1 aliphatic heterocycles. The lowest BCUT2D eigenvalue weighted by atomic mass is 9.77. The molecule has 7 heteroatoms. The number of likely N-dealkylation sites (tertiary alicyclic amines) is 1. The molecule has 0 aliphatic carbocycles. The van der Waals surface area contributed by atoms with E-state index < -0.39 is 5.60 Å². The number of amides is 1. The van der Waals surface area contributed by atoms with Crippen LogP contribution in [-0.4, -0.2) is 50.6 Å². The Balaban J connectivity index is 1.61. The summed E-state index contributed by atoms with van der Waals surface area (Å²) >= 11 is 6.20. The van der Waals surface area contributed by atoms with Crippen molar-refractivity contribution in [3.63, 3.8) is 0 Å². The molecule has 0 atom stereocenters. The summed E-state index contributed by atoms with van der Waals surface area (Å²) in [6.45, 7) is 17.2. The lowest BCUT2D eigenvalue weighted by molar-refractivity contribution is 0.0128. The number of rotatable bonds is 7. The van der Waals surface area contributed by atoms with Crippen LogP contribution >= 0.6 is 11.6 Å². The predicted octanol–water partition coefficient (Wildman–Crippen LogP) is 7.47. The maximum Gasteiger partial charge on any atom is 0.410 e. The van der Waals surface area contributed by atoms with E-state index in [-0.39, 0.29) is 17.6 Å². The summed E-state index contributed by atoms with van der Waals surface area (Å²) in [7, 11) is 0. The molecule has 0 radical (unpaired) electrons. The van der Waals surface area contributed by atoms with E-state index in [1.165, 1.54) is 16.7 Å². The first kappa shape index (κ1) is 30.0. The Bertz CT molecular complexity index is 1310. The van der Waals surface area contributed by atoms with E-state index in [2.05, 4.69) is 56.9 Å². The third-order valence-electron chi connectivity index (χ3n) is 7.79. The Hall–Kier alpha value is -2.96. The molecule has 40 heavy (non-hydrogen) atoms. The fourth-order valence-electron chi connectivity index (χ4n) is 5.50. The van der Waals surface area contributed by atoms with Crippen LogP contribution in [0.5, 0.6) is 0 Å². The maximum atomic E-state index is 12.7. The van der Waals surface area contributed by atoms with Crippen molar-refractivity contribution in [1.29, 1.82) is 0 Å². The Morgan fingerprint density at radius 3 is 2.27 bits per heavy atom. The smallest absolute Gasteiger partial charge is 0.410 e. The van der Waals surface area contributed by atoms with Gasteiger partial charge in [-0.1, -0.05) is 49.7 Å². The third-order valence-corrected chi connectivity index (χ3v) is 8.04. The first-order valence-electron chi connectivity index (χ1n) is 14.2. The number of piperidine rings is 1. The average Bonchev–Trinajstić information content (AvgIpc) is 2.89. The normalized spacial score (nSPS) is 15.0. The Kier molecular flexibility index (Phi) is 9.21. The highest BCUT2D eigenvalue weighted by atomic mass is 35.5. The van der Waals surface area contributed by atoms with Crippen LogP contribution in [0.2, 0.25) is 5.02 Å². The lowest BCUT2D eigenvalue weighted by Crippen LogP contribution is -2.47. The molecule has 3 heterocycles. The number of carbonyl (C=O) groups excluding carboxylic acids is 1. The van der Waals surface area contributed by atoms with Gasteiger partial charge in [-0.25, -0.2) is 4.79 Å². The zero-order valence-corrected chi connectivity index (χ0v) is 25.8. The molecule has 0 spiro atoms. The fourth-order valence-corrected chi connectivity index (χ4v) is 5.63. The van der Waals surface area contributed by atoms with Gasteiger partial charge in [0.25, 0.3) is 0 Å².